The zero-order valence-corrected chi connectivity index (χ0v) is 29.8. The van der Waals surface area contributed by atoms with Gasteiger partial charge in [-0.3, -0.25) is 4.79 Å². The first-order chi connectivity index (χ1) is 23.6. The Morgan fingerprint density at radius 2 is 1.45 bits per heavy atom. The van der Waals surface area contributed by atoms with Crippen molar-refractivity contribution in [1.29, 1.82) is 0 Å². The van der Waals surface area contributed by atoms with Gasteiger partial charge in [-0.2, -0.15) is 0 Å². The number of rotatable bonds is 17. The van der Waals surface area contributed by atoms with Crippen molar-refractivity contribution < 1.29 is 29.0 Å². The van der Waals surface area contributed by atoms with E-state index in [1.54, 1.807) is 12.3 Å². The Bertz CT molecular complexity index is 1580. The van der Waals surface area contributed by atoms with Gasteiger partial charge in [-0.25, -0.2) is 18.9 Å². The number of nitrogens with one attached hydrogen (secondary N) is 3. The Kier molecular flexibility index (Phi) is 14.5. The predicted octanol–water partition coefficient (Wildman–Crippen LogP) is 5.99. The predicted molar refractivity (Wildman–Crippen MR) is 190 cm³/mol. The molecular formula is C36H45N5O6S2. The van der Waals surface area contributed by atoms with Crippen LogP contribution < -0.4 is 16.0 Å². The molecule has 0 fully saturated rings. The van der Waals surface area contributed by atoms with E-state index in [-0.39, 0.29) is 31.5 Å². The van der Waals surface area contributed by atoms with E-state index in [9.17, 15) is 19.5 Å². The van der Waals surface area contributed by atoms with Crippen LogP contribution in [0.3, 0.4) is 0 Å². The molecule has 0 aliphatic carbocycles. The molecule has 2 aromatic carbocycles. The Morgan fingerprint density at radius 1 is 0.816 bits per heavy atom. The molecule has 0 saturated heterocycles. The van der Waals surface area contributed by atoms with Gasteiger partial charge in [0.2, 0.25) is 5.91 Å². The molecule has 0 aliphatic rings. The molecule has 0 spiro atoms. The average Bonchev–Trinajstić information content (AvgIpc) is 3.79. The van der Waals surface area contributed by atoms with Gasteiger partial charge in [-0.05, 0) is 53.9 Å². The molecule has 3 amide bonds. The minimum atomic E-state index is -1.06. The first-order valence-corrected chi connectivity index (χ1v) is 18.0. The van der Waals surface area contributed by atoms with Gasteiger partial charge in [0.05, 0.1) is 27.7 Å². The smallest absolute Gasteiger partial charge is 0.408 e. The van der Waals surface area contributed by atoms with Gasteiger partial charge in [-0.1, -0.05) is 88.4 Å². The second-order valence-corrected chi connectivity index (χ2v) is 14.3. The lowest BCUT2D eigenvalue weighted by molar-refractivity contribution is -0.125. The Labute approximate surface area is 295 Å². The molecule has 0 aliphatic heterocycles. The van der Waals surface area contributed by atoms with Crippen molar-refractivity contribution in [1.82, 2.24) is 25.3 Å². The fourth-order valence-corrected chi connectivity index (χ4v) is 6.44. The van der Waals surface area contributed by atoms with Crippen molar-refractivity contribution in [2.24, 2.45) is 5.92 Å². The number of amides is 3. The summed E-state index contributed by atoms with van der Waals surface area (Å²) in [5.74, 6) is -0.397. The number of aliphatic hydroxyl groups is 1. The maximum Gasteiger partial charge on any atom is 0.408 e. The number of thiazole rings is 1. The third-order valence-electron chi connectivity index (χ3n) is 7.74. The van der Waals surface area contributed by atoms with Gasteiger partial charge < -0.3 is 30.5 Å². The molecule has 4 rings (SSSR count). The quantitative estimate of drug-likeness (QED) is 0.105. The zero-order chi connectivity index (χ0) is 35.2. The summed E-state index contributed by atoms with van der Waals surface area (Å²) in [4.78, 5) is 44.7. The van der Waals surface area contributed by atoms with Crippen LogP contribution >= 0.6 is 22.9 Å². The summed E-state index contributed by atoms with van der Waals surface area (Å²) >= 11 is 2.75. The highest BCUT2D eigenvalue weighted by Crippen LogP contribution is 2.20. The summed E-state index contributed by atoms with van der Waals surface area (Å²) in [6, 6.07) is 18.7. The van der Waals surface area contributed by atoms with E-state index in [1.807, 2.05) is 93.7 Å². The van der Waals surface area contributed by atoms with Crippen molar-refractivity contribution >= 4 is 41.0 Å². The van der Waals surface area contributed by atoms with E-state index in [4.69, 9.17) is 9.47 Å². The minimum Gasteiger partial charge on any atom is -0.444 e. The highest BCUT2D eigenvalue weighted by Gasteiger charge is 2.30. The van der Waals surface area contributed by atoms with Crippen molar-refractivity contribution in [3.63, 3.8) is 0 Å². The number of aliphatic hydroxyl groups excluding tert-OH is 1. The summed E-state index contributed by atoms with van der Waals surface area (Å²) < 4.78 is 14.8. The lowest BCUT2D eigenvalue weighted by Crippen LogP contribution is -2.54. The van der Waals surface area contributed by atoms with Gasteiger partial charge in [-0.15, -0.1) is 11.3 Å². The van der Waals surface area contributed by atoms with E-state index in [1.165, 1.54) is 22.9 Å². The van der Waals surface area contributed by atoms with Gasteiger partial charge >= 0.3 is 12.2 Å². The van der Waals surface area contributed by atoms with Crippen molar-refractivity contribution in [3.05, 3.63) is 105 Å². The third kappa shape index (κ3) is 12.6. The Balaban J connectivity index is 1.44. The van der Waals surface area contributed by atoms with E-state index in [0.717, 1.165) is 21.0 Å². The second kappa shape index (κ2) is 19.0. The Hall–Kier alpha value is -4.33. The van der Waals surface area contributed by atoms with Gasteiger partial charge in [0.15, 0.2) is 0 Å². The number of hydrogen-bond acceptors (Lipinski definition) is 10. The van der Waals surface area contributed by atoms with Crippen LogP contribution in [0, 0.1) is 5.92 Å². The number of carbonyl (C=O) groups is 3. The SMILES string of the molecule is CC(C)c1nc(COC(=O)N[C@H](C(=O)N[C@@H](Cc2ccccc2)C[C@H](O)[C@H](Cc2ccccc2)NC(=O)OCc2ccns2)C(C)C)cs1. The van der Waals surface area contributed by atoms with Crippen LogP contribution in [0.1, 0.15) is 66.7 Å². The topological polar surface area (TPSA) is 152 Å². The van der Waals surface area contributed by atoms with Crippen LogP contribution in [-0.2, 0) is 40.3 Å². The average molecular weight is 708 g/mol. The maximum atomic E-state index is 13.7. The number of hydrogen-bond donors (Lipinski definition) is 4. The lowest BCUT2D eigenvalue weighted by atomic mass is 9.93. The van der Waals surface area contributed by atoms with Crippen LogP contribution in [0.15, 0.2) is 78.3 Å². The van der Waals surface area contributed by atoms with Crippen molar-refractivity contribution in [2.75, 3.05) is 0 Å². The van der Waals surface area contributed by atoms with Crippen molar-refractivity contribution in [3.8, 4) is 0 Å². The molecule has 4 atom stereocenters. The first-order valence-electron chi connectivity index (χ1n) is 16.3. The van der Waals surface area contributed by atoms with E-state index in [2.05, 4.69) is 25.3 Å². The van der Waals surface area contributed by atoms with E-state index < -0.39 is 42.3 Å². The summed E-state index contributed by atoms with van der Waals surface area (Å²) in [5.41, 5.74) is 2.52. The molecule has 0 saturated carbocycles. The highest BCUT2D eigenvalue weighted by atomic mass is 32.1. The normalized spacial score (nSPS) is 13.7. The van der Waals surface area contributed by atoms with Crippen LogP contribution in [0.5, 0.6) is 0 Å². The largest absolute Gasteiger partial charge is 0.444 e. The number of ether oxygens (including phenoxy) is 2. The summed E-state index contributed by atoms with van der Waals surface area (Å²) in [6.45, 7) is 7.81. The molecule has 4 N–H and O–H groups in total. The number of alkyl carbamates (subject to hydrolysis) is 2. The van der Waals surface area contributed by atoms with Gasteiger partial charge in [0.1, 0.15) is 19.3 Å². The van der Waals surface area contributed by atoms with Crippen LogP contribution in [0.2, 0.25) is 0 Å². The second-order valence-electron chi connectivity index (χ2n) is 12.5. The summed E-state index contributed by atoms with van der Waals surface area (Å²) in [5, 5.41) is 23.0. The molecule has 0 bridgehead atoms. The molecule has 262 valence electrons. The number of nitrogens with zero attached hydrogens (tertiary/aromatic N) is 2. The van der Waals surface area contributed by atoms with E-state index in [0.29, 0.717) is 18.5 Å². The lowest BCUT2D eigenvalue weighted by Gasteiger charge is -2.30. The van der Waals surface area contributed by atoms with Crippen LogP contribution in [-0.4, -0.2) is 56.8 Å². The molecule has 2 aromatic heterocycles. The van der Waals surface area contributed by atoms with Gasteiger partial charge in [0.25, 0.3) is 0 Å². The number of aromatic nitrogens is 2. The molecule has 4 aromatic rings. The first kappa shape index (κ1) is 37.5. The number of benzene rings is 2. The summed E-state index contributed by atoms with van der Waals surface area (Å²) in [6.07, 6.45) is 0.0452. The van der Waals surface area contributed by atoms with Gasteiger partial charge in [0, 0.05) is 23.5 Å². The monoisotopic (exact) mass is 707 g/mol. The highest BCUT2D eigenvalue weighted by molar-refractivity contribution is 7.09. The molecule has 2 heterocycles. The number of carbonyl (C=O) groups excluding carboxylic acids is 3. The third-order valence-corrected chi connectivity index (χ3v) is 9.65. The maximum absolute atomic E-state index is 13.7. The zero-order valence-electron chi connectivity index (χ0n) is 28.2. The van der Waals surface area contributed by atoms with Crippen LogP contribution in [0.25, 0.3) is 0 Å². The molecule has 0 radical (unpaired) electrons. The molecule has 13 heteroatoms. The molecule has 49 heavy (non-hydrogen) atoms. The summed E-state index contributed by atoms with van der Waals surface area (Å²) in [7, 11) is 0. The fourth-order valence-electron chi connectivity index (χ4n) is 5.13. The fraction of sp³-hybridized carbons (Fsp3) is 0.417. The van der Waals surface area contributed by atoms with Crippen LogP contribution in [0.4, 0.5) is 9.59 Å². The molecule has 0 unspecified atom stereocenters. The van der Waals surface area contributed by atoms with Crippen molar-refractivity contribution in [2.45, 2.75) is 90.3 Å². The molecule has 11 nitrogen and oxygen atoms in total. The Morgan fingerprint density at radius 3 is 2.04 bits per heavy atom. The minimum absolute atomic E-state index is 0.00718. The van der Waals surface area contributed by atoms with E-state index >= 15 is 0 Å². The standard InChI is InChI=1S/C36H45N5O6S2/c1-23(2)32(41-36(45)46-20-28-22-48-34(39-28)24(3)4)33(43)38-27(17-25-11-7-5-8-12-25)19-31(42)30(18-26-13-9-6-10-14-26)40-35(44)47-21-29-15-16-37-49-29/h5-16,22-24,27,30-32,42H,17-21H2,1-4H3,(H,38,43)(H,40,44)(H,41,45)/t27-,30-,31-,32-/m0/s1. The molecular weight excluding hydrogens is 663 g/mol.